The standard InChI is InChI=1S/C15H16ClNO2S/c1-12(13-7-3-2-4-8-13)11-17-20(18,19)15-10-6-5-9-14(15)16/h2-10,12,17H,11H2,1H3. The molecule has 106 valence electrons. The van der Waals surface area contributed by atoms with E-state index in [0.29, 0.717) is 6.54 Å². The van der Waals surface area contributed by atoms with Gasteiger partial charge in [0, 0.05) is 6.54 Å². The molecular weight excluding hydrogens is 294 g/mol. The molecule has 5 heteroatoms. The summed E-state index contributed by atoms with van der Waals surface area (Å²) in [5.41, 5.74) is 1.09. The van der Waals surface area contributed by atoms with Crippen LogP contribution in [0.15, 0.2) is 59.5 Å². The van der Waals surface area contributed by atoms with Crippen LogP contribution in [-0.2, 0) is 10.0 Å². The first-order valence-corrected chi connectivity index (χ1v) is 8.16. The largest absolute Gasteiger partial charge is 0.242 e. The Morgan fingerprint density at radius 2 is 1.65 bits per heavy atom. The van der Waals surface area contributed by atoms with Crippen molar-refractivity contribution in [1.29, 1.82) is 0 Å². The van der Waals surface area contributed by atoms with Gasteiger partial charge in [-0.1, -0.05) is 61.0 Å². The van der Waals surface area contributed by atoms with Crippen molar-refractivity contribution in [3.05, 3.63) is 65.2 Å². The third-order valence-electron chi connectivity index (χ3n) is 3.07. The average molecular weight is 310 g/mol. The van der Waals surface area contributed by atoms with Crippen LogP contribution in [-0.4, -0.2) is 15.0 Å². The predicted octanol–water partition coefficient (Wildman–Crippen LogP) is 3.42. The quantitative estimate of drug-likeness (QED) is 0.920. The summed E-state index contributed by atoms with van der Waals surface area (Å²) in [6.07, 6.45) is 0. The fourth-order valence-corrected chi connectivity index (χ4v) is 3.52. The smallest absolute Gasteiger partial charge is 0.211 e. The Hall–Kier alpha value is -1.36. The molecule has 0 aliphatic heterocycles. The van der Waals surface area contributed by atoms with Crippen LogP contribution in [0.3, 0.4) is 0 Å². The summed E-state index contributed by atoms with van der Waals surface area (Å²) in [5.74, 6) is 0.0912. The highest BCUT2D eigenvalue weighted by Gasteiger charge is 2.18. The van der Waals surface area contributed by atoms with E-state index < -0.39 is 10.0 Å². The molecule has 0 amide bonds. The molecule has 0 aromatic heterocycles. The van der Waals surface area contributed by atoms with E-state index in [2.05, 4.69) is 4.72 Å². The molecular formula is C15H16ClNO2S. The maximum Gasteiger partial charge on any atom is 0.242 e. The van der Waals surface area contributed by atoms with Gasteiger partial charge in [-0.2, -0.15) is 0 Å². The van der Waals surface area contributed by atoms with Crippen molar-refractivity contribution in [3.8, 4) is 0 Å². The summed E-state index contributed by atoms with van der Waals surface area (Å²) < 4.78 is 27.0. The molecule has 0 saturated carbocycles. The molecule has 0 fully saturated rings. The summed E-state index contributed by atoms with van der Waals surface area (Å²) >= 11 is 5.92. The van der Waals surface area contributed by atoms with Crippen LogP contribution >= 0.6 is 11.6 Å². The molecule has 1 N–H and O–H groups in total. The maximum absolute atomic E-state index is 12.2. The second-order valence-electron chi connectivity index (χ2n) is 4.59. The minimum absolute atomic E-state index is 0.0912. The van der Waals surface area contributed by atoms with Crippen molar-refractivity contribution in [1.82, 2.24) is 4.72 Å². The van der Waals surface area contributed by atoms with E-state index in [4.69, 9.17) is 11.6 Å². The number of sulfonamides is 1. The molecule has 0 aliphatic carbocycles. The summed E-state index contributed by atoms with van der Waals surface area (Å²) in [4.78, 5) is 0.113. The van der Waals surface area contributed by atoms with E-state index in [1.807, 2.05) is 37.3 Å². The molecule has 0 saturated heterocycles. The Morgan fingerprint density at radius 3 is 2.30 bits per heavy atom. The van der Waals surface area contributed by atoms with E-state index in [1.165, 1.54) is 6.07 Å². The number of halogens is 1. The number of nitrogens with one attached hydrogen (secondary N) is 1. The van der Waals surface area contributed by atoms with E-state index in [-0.39, 0.29) is 15.8 Å². The molecule has 3 nitrogen and oxygen atoms in total. The molecule has 0 spiro atoms. The topological polar surface area (TPSA) is 46.2 Å². The third-order valence-corrected chi connectivity index (χ3v) is 5.00. The van der Waals surface area contributed by atoms with Gasteiger partial charge in [-0.05, 0) is 23.6 Å². The summed E-state index contributed by atoms with van der Waals surface area (Å²) in [6.45, 7) is 2.31. The van der Waals surface area contributed by atoms with Crippen LogP contribution in [0.5, 0.6) is 0 Å². The Bertz CT molecular complexity index is 671. The Balaban J connectivity index is 2.09. The number of benzene rings is 2. The van der Waals surface area contributed by atoms with E-state index >= 15 is 0 Å². The van der Waals surface area contributed by atoms with Gasteiger partial charge in [0.2, 0.25) is 10.0 Å². The van der Waals surface area contributed by atoms with Crippen LogP contribution in [0, 0.1) is 0 Å². The van der Waals surface area contributed by atoms with E-state index in [9.17, 15) is 8.42 Å². The lowest BCUT2D eigenvalue weighted by atomic mass is 10.0. The minimum Gasteiger partial charge on any atom is -0.211 e. The minimum atomic E-state index is -3.58. The second-order valence-corrected chi connectivity index (χ2v) is 6.74. The first-order valence-electron chi connectivity index (χ1n) is 6.30. The van der Waals surface area contributed by atoms with Gasteiger partial charge in [0.15, 0.2) is 0 Å². The highest BCUT2D eigenvalue weighted by atomic mass is 35.5. The lowest BCUT2D eigenvalue weighted by molar-refractivity contribution is 0.575. The summed E-state index contributed by atoms with van der Waals surface area (Å²) in [6, 6.07) is 16.2. The molecule has 2 aromatic rings. The van der Waals surface area contributed by atoms with E-state index in [1.54, 1.807) is 18.2 Å². The van der Waals surface area contributed by atoms with Crippen LogP contribution in [0.2, 0.25) is 5.02 Å². The fourth-order valence-electron chi connectivity index (χ4n) is 1.87. The fraction of sp³-hybridized carbons (Fsp3) is 0.200. The molecule has 1 atom stereocenters. The van der Waals surface area contributed by atoms with Crippen molar-refractivity contribution >= 4 is 21.6 Å². The highest BCUT2D eigenvalue weighted by Crippen LogP contribution is 2.21. The zero-order valence-electron chi connectivity index (χ0n) is 11.1. The SMILES string of the molecule is CC(CNS(=O)(=O)c1ccccc1Cl)c1ccccc1. The maximum atomic E-state index is 12.2. The zero-order chi connectivity index (χ0) is 14.6. The Morgan fingerprint density at radius 1 is 1.05 bits per heavy atom. The van der Waals surface area contributed by atoms with Crippen LogP contribution in [0.1, 0.15) is 18.4 Å². The first-order chi connectivity index (χ1) is 9.50. The molecule has 20 heavy (non-hydrogen) atoms. The van der Waals surface area contributed by atoms with Gasteiger partial charge in [-0.25, -0.2) is 13.1 Å². The van der Waals surface area contributed by atoms with E-state index in [0.717, 1.165) is 5.56 Å². The van der Waals surface area contributed by atoms with Crippen molar-refractivity contribution < 1.29 is 8.42 Å². The Kier molecular flexibility index (Phi) is 4.81. The number of hydrogen-bond donors (Lipinski definition) is 1. The van der Waals surface area contributed by atoms with Crippen molar-refractivity contribution in [3.63, 3.8) is 0 Å². The second kappa shape index (κ2) is 6.39. The molecule has 2 rings (SSSR count). The molecule has 0 bridgehead atoms. The zero-order valence-corrected chi connectivity index (χ0v) is 12.7. The predicted molar refractivity (Wildman–Crippen MR) is 81.5 cm³/mol. The van der Waals surface area contributed by atoms with Crippen molar-refractivity contribution in [2.75, 3.05) is 6.54 Å². The molecule has 0 radical (unpaired) electrons. The Labute approximate surface area is 124 Å². The molecule has 1 unspecified atom stereocenters. The van der Waals surface area contributed by atoms with Crippen molar-refractivity contribution in [2.45, 2.75) is 17.7 Å². The van der Waals surface area contributed by atoms with Crippen LogP contribution < -0.4 is 4.72 Å². The van der Waals surface area contributed by atoms with Crippen molar-refractivity contribution in [2.24, 2.45) is 0 Å². The number of hydrogen-bond acceptors (Lipinski definition) is 2. The monoisotopic (exact) mass is 309 g/mol. The third kappa shape index (κ3) is 3.60. The van der Waals surface area contributed by atoms with Gasteiger partial charge < -0.3 is 0 Å². The number of rotatable bonds is 5. The summed E-state index contributed by atoms with van der Waals surface area (Å²) in [7, 11) is -3.58. The van der Waals surface area contributed by atoms with Crippen LogP contribution in [0.4, 0.5) is 0 Å². The van der Waals surface area contributed by atoms with Gasteiger partial charge in [0.25, 0.3) is 0 Å². The van der Waals surface area contributed by atoms with Gasteiger partial charge in [-0.15, -0.1) is 0 Å². The van der Waals surface area contributed by atoms with Gasteiger partial charge in [-0.3, -0.25) is 0 Å². The van der Waals surface area contributed by atoms with Gasteiger partial charge in [0.1, 0.15) is 4.90 Å². The lowest BCUT2D eigenvalue weighted by Crippen LogP contribution is -2.27. The van der Waals surface area contributed by atoms with Crippen LogP contribution in [0.25, 0.3) is 0 Å². The normalized spacial score (nSPS) is 13.1. The highest BCUT2D eigenvalue weighted by molar-refractivity contribution is 7.89. The average Bonchev–Trinajstić information content (AvgIpc) is 2.46. The molecule has 0 heterocycles. The lowest BCUT2D eigenvalue weighted by Gasteiger charge is -2.14. The molecule has 2 aromatic carbocycles. The summed E-state index contributed by atoms with van der Waals surface area (Å²) in [5, 5.41) is 0.229. The van der Waals surface area contributed by atoms with Gasteiger partial charge in [0.05, 0.1) is 5.02 Å². The first kappa shape index (κ1) is 15.0. The van der Waals surface area contributed by atoms with Gasteiger partial charge >= 0.3 is 0 Å². The molecule has 0 aliphatic rings.